The predicted octanol–water partition coefficient (Wildman–Crippen LogP) is 8.47. The molecule has 0 nitrogen and oxygen atoms in total. The Morgan fingerprint density at radius 2 is 1.63 bits per heavy atom. The van der Waals surface area contributed by atoms with Gasteiger partial charge in [0.25, 0.3) is 0 Å². The van der Waals surface area contributed by atoms with Crippen molar-refractivity contribution < 1.29 is 0 Å². The molecule has 2 atom stereocenters. The molecule has 0 saturated heterocycles. The number of hydrogen-bond donors (Lipinski definition) is 0. The molecule has 1 aromatic rings. The van der Waals surface area contributed by atoms with Crippen LogP contribution in [0.5, 0.6) is 0 Å². The lowest BCUT2D eigenvalue weighted by atomic mass is 9.69. The molecule has 0 aromatic heterocycles. The van der Waals surface area contributed by atoms with Crippen molar-refractivity contribution in [1.82, 2.24) is 0 Å². The number of benzene rings is 1. The highest BCUT2D eigenvalue weighted by atomic mass is 14.3. The average molecular weight is 367 g/mol. The van der Waals surface area contributed by atoms with Crippen molar-refractivity contribution >= 4 is 0 Å². The van der Waals surface area contributed by atoms with Gasteiger partial charge in [0.15, 0.2) is 0 Å². The number of rotatable bonds is 9. The molecule has 0 radical (unpaired) electrons. The minimum atomic E-state index is 0.795. The van der Waals surface area contributed by atoms with Gasteiger partial charge in [-0.05, 0) is 86.2 Å². The van der Waals surface area contributed by atoms with Crippen LogP contribution in [0.1, 0.15) is 108 Å². The summed E-state index contributed by atoms with van der Waals surface area (Å²) in [5.41, 5.74) is 3.19. The maximum Gasteiger partial charge on any atom is -0.0131 e. The monoisotopic (exact) mass is 366 g/mol. The molecule has 1 aromatic carbocycles. The Morgan fingerprint density at radius 3 is 2.26 bits per heavy atom. The maximum atomic E-state index is 2.50. The molecule has 27 heavy (non-hydrogen) atoms. The molecule has 0 N–H and O–H groups in total. The number of allylic oxidation sites excluding steroid dienone is 2. The van der Waals surface area contributed by atoms with E-state index in [4.69, 9.17) is 0 Å². The van der Waals surface area contributed by atoms with Gasteiger partial charge in [0.2, 0.25) is 0 Å². The van der Waals surface area contributed by atoms with Crippen molar-refractivity contribution in [3.05, 3.63) is 47.5 Å². The van der Waals surface area contributed by atoms with E-state index in [1.165, 1.54) is 83.5 Å². The van der Waals surface area contributed by atoms with Gasteiger partial charge in [0, 0.05) is 0 Å². The van der Waals surface area contributed by atoms with Crippen LogP contribution in [-0.4, -0.2) is 0 Å². The van der Waals surface area contributed by atoms with Crippen molar-refractivity contribution in [2.45, 2.75) is 103 Å². The zero-order chi connectivity index (χ0) is 18.9. The standard InChI is InChI=1S/C27H42/c1-3-5-7-10-23-15-19-26(20-16-23)27(21-24-11-8-6-9-12-24)25-17-13-22(4-2)14-18-25/h6,8,15-16,19-20,22,24-25,27H,3-5,7,9-14,17-18,21H2,1-2H3. The Kier molecular flexibility index (Phi) is 8.49. The van der Waals surface area contributed by atoms with Crippen LogP contribution in [0.25, 0.3) is 0 Å². The van der Waals surface area contributed by atoms with E-state index in [0.29, 0.717) is 0 Å². The van der Waals surface area contributed by atoms with Crippen LogP contribution in [0.3, 0.4) is 0 Å². The van der Waals surface area contributed by atoms with Crippen LogP contribution in [0.15, 0.2) is 36.4 Å². The fraction of sp³-hybridized carbons (Fsp3) is 0.704. The first-order valence-corrected chi connectivity index (χ1v) is 12.0. The van der Waals surface area contributed by atoms with E-state index in [-0.39, 0.29) is 0 Å². The van der Waals surface area contributed by atoms with Gasteiger partial charge in [-0.15, -0.1) is 0 Å². The fourth-order valence-electron chi connectivity index (χ4n) is 5.54. The van der Waals surface area contributed by atoms with E-state index >= 15 is 0 Å². The molecule has 0 bridgehead atoms. The van der Waals surface area contributed by atoms with Crippen molar-refractivity contribution in [1.29, 1.82) is 0 Å². The van der Waals surface area contributed by atoms with E-state index in [1.54, 1.807) is 11.1 Å². The van der Waals surface area contributed by atoms with E-state index in [1.807, 2.05) is 0 Å². The molecule has 0 heterocycles. The first kappa shape index (κ1) is 20.7. The summed E-state index contributed by atoms with van der Waals surface area (Å²) in [6.45, 7) is 4.68. The molecular weight excluding hydrogens is 324 g/mol. The van der Waals surface area contributed by atoms with Crippen LogP contribution < -0.4 is 0 Å². The lowest BCUT2D eigenvalue weighted by molar-refractivity contribution is 0.215. The van der Waals surface area contributed by atoms with Gasteiger partial charge < -0.3 is 0 Å². The van der Waals surface area contributed by atoms with Gasteiger partial charge in [-0.3, -0.25) is 0 Å². The summed E-state index contributed by atoms with van der Waals surface area (Å²) in [5.74, 6) is 3.63. The molecular formula is C27H42. The van der Waals surface area contributed by atoms with Crippen LogP contribution in [0.2, 0.25) is 0 Å². The normalized spacial score (nSPS) is 26.8. The van der Waals surface area contributed by atoms with Crippen LogP contribution in [-0.2, 0) is 6.42 Å². The van der Waals surface area contributed by atoms with E-state index in [2.05, 4.69) is 50.3 Å². The Bertz CT molecular complexity index is 544. The minimum absolute atomic E-state index is 0.795. The summed E-state index contributed by atoms with van der Waals surface area (Å²) in [7, 11) is 0. The average Bonchev–Trinajstić information content (AvgIpc) is 2.74. The topological polar surface area (TPSA) is 0 Å². The smallest absolute Gasteiger partial charge is 0.0131 e. The number of hydrogen-bond acceptors (Lipinski definition) is 0. The SMILES string of the molecule is CCCCCc1ccc(C(CC2CC=CCC2)C2CCC(CC)CC2)cc1. The summed E-state index contributed by atoms with van der Waals surface area (Å²) < 4.78 is 0. The minimum Gasteiger partial charge on any atom is -0.0885 e. The molecule has 0 amide bonds. The highest BCUT2D eigenvalue weighted by Crippen LogP contribution is 2.43. The largest absolute Gasteiger partial charge is 0.0885 e. The molecule has 1 saturated carbocycles. The molecule has 0 heteroatoms. The van der Waals surface area contributed by atoms with Gasteiger partial charge in [-0.2, -0.15) is 0 Å². The third-order valence-electron chi connectivity index (χ3n) is 7.48. The van der Waals surface area contributed by atoms with Crippen molar-refractivity contribution in [3.63, 3.8) is 0 Å². The Labute approximate surface area is 168 Å². The fourth-order valence-corrected chi connectivity index (χ4v) is 5.54. The quantitative estimate of drug-likeness (QED) is 0.304. The Balaban J connectivity index is 1.67. The molecule has 2 aliphatic rings. The highest BCUT2D eigenvalue weighted by molar-refractivity contribution is 5.26. The zero-order valence-electron chi connectivity index (χ0n) is 18.0. The first-order chi connectivity index (χ1) is 13.3. The van der Waals surface area contributed by atoms with Gasteiger partial charge in [-0.1, -0.05) is 82.4 Å². The molecule has 0 aliphatic heterocycles. The van der Waals surface area contributed by atoms with Crippen LogP contribution in [0, 0.1) is 17.8 Å². The summed E-state index contributed by atoms with van der Waals surface area (Å²) >= 11 is 0. The van der Waals surface area contributed by atoms with Crippen LogP contribution >= 0.6 is 0 Å². The van der Waals surface area contributed by atoms with Crippen molar-refractivity contribution in [2.24, 2.45) is 17.8 Å². The maximum absolute atomic E-state index is 2.50. The number of unbranched alkanes of at least 4 members (excludes halogenated alkanes) is 2. The first-order valence-electron chi connectivity index (χ1n) is 12.0. The third kappa shape index (κ3) is 6.23. The second-order valence-corrected chi connectivity index (χ2v) is 9.38. The van der Waals surface area contributed by atoms with Crippen molar-refractivity contribution in [2.75, 3.05) is 0 Å². The van der Waals surface area contributed by atoms with Gasteiger partial charge >= 0.3 is 0 Å². The molecule has 150 valence electrons. The van der Waals surface area contributed by atoms with Crippen LogP contribution in [0.4, 0.5) is 0 Å². The van der Waals surface area contributed by atoms with E-state index in [9.17, 15) is 0 Å². The van der Waals surface area contributed by atoms with E-state index < -0.39 is 0 Å². The van der Waals surface area contributed by atoms with E-state index in [0.717, 1.165) is 23.7 Å². The summed E-state index contributed by atoms with van der Waals surface area (Å²) in [6, 6.07) is 9.87. The second-order valence-electron chi connectivity index (χ2n) is 9.38. The van der Waals surface area contributed by atoms with Gasteiger partial charge in [0.1, 0.15) is 0 Å². The lowest BCUT2D eigenvalue weighted by Gasteiger charge is -2.36. The second kappa shape index (κ2) is 11.1. The Morgan fingerprint density at radius 1 is 0.852 bits per heavy atom. The number of aryl methyl sites for hydroxylation is 1. The van der Waals surface area contributed by atoms with Gasteiger partial charge in [-0.25, -0.2) is 0 Å². The van der Waals surface area contributed by atoms with Gasteiger partial charge in [0.05, 0.1) is 0 Å². The Hall–Kier alpha value is -1.04. The predicted molar refractivity (Wildman–Crippen MR) is 119 cm³/mol. The molecule has 2 unspecified atom stereocenters. The lowest BCUT2D eigenvalue weighted by Crippen LogP contribution is -2.23. The van der Waals surface area contributed by atoms with Crippen molar-refractivity contribution in [3.8, 4) is 0 Å². The molecule has 1 fully saturated rings. The summed E-state index contributed by atoms with van der Waals surface area (Å²) in [4.78, 5) is 0. The molecule has 2 aliphatic carbocycles. The molecule has 3 rings (SSSR count). The molecule has 0 spiro atoms. The zero-order valence-corrected chi connectivity index (χ0v) is 18.0. The highest BCUT2D eigenvalue weighted by Gasteiger charge is 2.30. The third-order valence-corrected chi connectivity index (χ3v) is 7.48. The summed E-state index contributed by atoms with van der Waals surface area (Å²) in [5, 5.41) is 0. The summed E-state index contributed by atoms with van der Waals surface area (Å²) in [6.07, 6.45) is 22.8.